The molecule has 1 amide bonds. The summed E-state index contributed by atoms with van der Waals surface area (Å²) in [5.74, 6) is 0.456. The predicted molar refractivity (Wildman–Crippen MR) is 142 cm³/mol. The number of hydrogen-bond acceptors (Lipinski definition) is 5. The van der Waals surface area contributed by atoms with Crippen molar-refractivity contribution in [3.63, 3.8) is 0 Å². The van der Waals surface area contributed by atoms with Crippen LogP contribution in [0.2, 0.25) is 0 Å². The number of piperidine rings is 1. The molecule has 1 aromatic heterocycles. The summed E-state index contributed by atoms with van der Waals surface area (Å²) >= 11 is 0. The molecule has 2 aliphatic heterocycles. The molecule has 5 rings (SSSR count). The summed E-state index contributed by atoms with van der Waals surface area (Å²) in [7, 11) is 1.64. The number of benzene rings is 2. The second-order valence-electron chi connectivity index (χ2n) is 9.60. The van der Waals surface area contributed by atoms with Crippen LogP contribution in [0, 0.1) is 12.7 Å². The second kappa shape index (κ2) is 10.8. The Labute approximate surface area is 217 Å². The van der Waals surface area contributed by atoms with Crippen LogP contribution < -0.4 is 9.64 Å². The lowest BCUT2D eigenvalue weighted by Gasteiger charge is -2.37. The molecule has 194 valence electrons. The van der Waals surface area contributed by atoms with Gasteiger partial charge in [-0.25, -0.2) is 9.37 Å². The summed E-state index contributed by atoms with van der Waals surface area (Å²) in [6.45, 7) is 7.28. The first kappa shape index (κ1) is 25.0. The monoisotopic (exact) mass is 504 g/mol. The van der Waals surface area contributed by atoms with Crippen LogP contribution in [0.3, 0.4) is 0 Å². The zero-order valence-electron chi connectivity index (χ0n) is 21.6. The number of aryl methyl sites for hydroxylation is 1. The molecule has 8 heteroatoms. The molecule has 1 atom stereocenters. The van der Waals surface area contributed by atoms with Crippen LogP contribution in [0.5, 0.6) is 5.75 Å². The molecule has 37 heavy (non-hydrogen) atoms. The second-order valence-corrected chi connectivity index (χ2v) is 9.60. The van der Waals surface area contributed by atoms with Crippen LogP contribution in [0.15, 0.2) is 54.5 Å². The molecule has 0 spiro atoms. The van der Waals surface area contributed by atoms with Crippen LogP contribution in [0.1, 0.15) is 42.6 Å². The van der Waals surface area contributed by atoms with Crippen molar-refractivity contribution in [1.29, 1.82) is 0 Å². The standard InChI is InChI=1S/C29H33FN4O3/c1-20-18-33(19-31-20)26-9-6-22(16-28(26)36-3)15-23-5-4-10-34(29(23)35)21(2)25-8-7-24(30)17-27(25)32-11-13-37-14-12-32/h6-9,15-19,21H,4-5,10-14H2,1-3H3/t21-/m1/s1. The van der Waals surface area contributed by atoms with Crippen molar-refractivity contribution in [1.82, 2.24) is 14.5 Å². The highest BCUT2D eigenvalue weighted by molar-refractivity contribution is 5.99. The van der Waals surface area contributed by atoms with E-state index in [0.29, 0.717) is 45.0 Å². The van der Waals surface area contributed by atoms with Gasteiger partial charge in [-0.1, -0.05) is 12.1 Å². The summed E-state index contributed by atoms with van der Waals surface area (Å²) in [6, 6.07) is 10.6. The van der Waals surface area contributed by atoms with E-state index < -0.39 is 0 Å². The lowest BCUT2D eigenvalue weighted by Crippen LogP contribution is -2.41. The molecule has 0 radical (unpaired) electrons. The molecule has 2 aliphatic rings. The molecule has 0 bridgehead atoms. The Kier molecular flexibility index (Phi) is 7.28. The van der Waals surface area contributed by atoms with E-state index in [2.05, 4.69) is 9.88 Å². The van der Waals surface area contributed by atoms with Crippen LogP contribution in [0.25, 0.3) is 11.8 Å². The first-order valence-corrected chi connectivity index (χ1v) is 12.8. The van der Waals surface area contributed by atoms with E-state index in [1.54, 1.807) is 19.5 Å². The fourth-order valence-electron chi connectivity index (χ4n) is 5.20. The third-order valence-electron chi connectivity index (χ3n) is 7.18. The van der Waals surface area contributed by atoms with Gasteiger partial charge in [0, 0.05) is 37.1 Å². The number of aromatic nitrogens is 2. The van der Waals surface area contributed by atoms with Crippen LogP contribution in [0.4, 0.5) is 10.1 Å². The normalized spacial score (nSPS) is 18.4. The molecule has 0 unspecified atom stereocenters. The van der Waals surface area contributed by atoms with Crippen molar-refractivity contribution in [2.75, 3.05) is 44.9 Å². The average molecular weight is 505 g/mol. The van der Waals surface area contributed by atoms with Gasteiger partial charge in [0.05, 0.1) is 44.1 Å². The molecule has 2 fully saturated rings. The van der Waals surface area contributed by atoms with Crippen LogP contribution in [-0.2, 0) is 9.53 Å². The van der Waals surface area contributed by atoms with E-state index in [1.807, 2.05) is 59.9 Å². The highest BCUT2D eigenvalue weighted by atomic mass is 19.1. The number of likely N-dealkylation sites (tertiary alicyclic amines) is 1. The Morgan fingerprint density at radius 2 is 1.92 bits per heavy atom. The molecule has 2 saturated heterocycles. The Morgan fingerprint density at radius 1 is 1.11 bits per heavy atom. The van der Waals surface area contributed by atoms with Gasteiger partial charge in [0.1, 0.15) is 11.6 Å². The van der Waals surface area contributed by atoms with E-state index in [1.165, 1.54) is 6.07 Å². The minimum Gasteiger partial charge on any atom is -0.495 e. The number of carbonyl (C=O) groups is 1. The van der Waals surface area contributed by atoms with Crippen molar-refractivity contribution < 1.29 is 18.7 Å². The van der Waals surface area contributed by atoms with Crippen molar-refractivity contribution >= 4 is 17.7 Å². The van der Waals surface area contributed by atoms with E-state index >= 15 is 0 Å². The van der Waals surface area contributed by atoms with Crippen molar-refractivity contribution in [2.45, 2.75) is 32.7 Å². The SMILES string of the molecule is COc1cc(C=C2CCCN([C@H](C)c3ccc(F)cc3N3CCOCC3)C2=O)ccc1-n1cnc(C)c1. The lowest BCUT2D eigenvalue weighted by atomic mass is 9.96. The Morgan fingerprint density at radius 3 is 2.65 bits per heavy atom. The van der Waals surface area contributed by atoms with E-state index in [9.17, 15) is 9.18 Å². The van der Waals surface area contributed by atoms with E-state index in [-0.39, 0.29) is 17.8 Å². The highest BCUT2D eigenvalue weighted by Crippen LogP contribution is 2.35. The first-order valence-electron chi connectivity index (χ1n) is 12.8. The largest absolute Gasteiger partial charge is 0.495 e. The number of anilines is 1. The van der Waals surface area contributed by atoms with Gasteiger partial charge in [0.25, 0.3) is 0 Å². The predicted octanol–water partition coefficient (Wildman–Crippen LogP) is 4.93. The summed E-state index contributed by atoms with van der Waals surface area (Å²) in [6.07, 6.45) is 7.25. The topological polar surface area (TPSA) is 59.8 Å². The Bertz CT molecular complexity index is 1310. The summed E-state index contributed by atoms with van der Waals surface area (Å²) in [5, 5.41) is 0. The fourth-order valence-corrected chi connectivity index (χ4v) is 5.20. The zero-order valence-corrected chi connectivity index (χ0v) is 21.6. The first-order chi connectivity index (χ1) is 17.9. The van der Waals surface area contributed by atoms with Gasteiger partial charge in [0.15, 0.2) is 0 Å². The molecule has 0 aliphatic carbocycles. The molecule has 0 saturated carbocycles. The number of methoxy groups -OCH3 is 1. The maximum Gasteiger partial charge on any atom is 0.250 e. The smallest absolute Gasteiger partial charge is 0.250 e. The van der Waals surface area contributed by atoms with Crippen molar-refractivity contribution in [3.8, 4) is 11.4 Å². The van der Waals surface area contributed by atoms with Crippen LogP contribution >= 0.6 is 0 Å². The van der Waals surface area contributed by atoms with Gasteiger partial charge < -0.3 is 23.8 Å². The maximum absolute atomic E-state index is 14.2. The summed E-state index contributed by atoms with van der Waals surface area (Å²) in [5.41, 5.74) is 5.29. The van der Waals surface area contributed by atoms with Crippen LogP contribution in [-0.4, -0.2) is 60.3 Å². The molecular formula is C29H33FN4O3. The van der Waals surface area contributed by atoms with Gasteiger partial charge in [0.2, 0.25) is 5.91 Å². The molecule has 2 aromatic carbocycles. The molecule has 3 heterocycles. The third-order valence-corrected chi connectivity index (χ3v) is 7.18. The Balaban J connectivity index is 1.41. The third kappa shape index (κ3) is 5.25. The summed E-state index contributed by atoms with van der Waals surface area (Å²) < 4.78 is 27.3. The van der Waals surface area contributed by atoms with Gasteiger partial charge in [-0.15, -0.1) is 0 Å². The minimum absolute atomic E-state index is 0.0179. The summed E-state index contributed by atoms with van der Waals surface area (Å²) in [4.78, 5) is 22.0. The number of carbonyl (C=O) groups excluding carboxylic acids is 1. The number of nitrogens with zero attached hydrogens (tertiary/aromatic N) is 4. The molecular weight excluding hydrogens is 471 g/mol. The van der Waals surface area contributed by atoms with Gasteiger partial charge in [-0.2, -0.15) is 0 Å². The number of rotatable bonds is 6. The Hall–Kier alpha value is -3.65. The average Bonchev–Trinajstić information content (AvgIpc) is 3.35. The van der Waals surface area contributed by atoms with Gasteiger partial charge >= 0.3 is 0 Å². The molecule has 0 N–H and O–H groups in total. The number of ether oxygens (including phenoxy) is 2. The quantitative estimate of drug-likeness (QED) is 0.446. The van der Waals surface area contributed by atoms with Gasteiger partial charge in [-0.3, -0.25) is 4.79 Å². The van der Waals surface area contributed by atoms with E-state index in [4.69, 9.17) is 9.47 Å². The number of halogens is 1. The minimum atomic E-state index is -0.272. The molecule has 3 aromatic rings. The maximum atomic E-state index is 14.2. The number of imidazole rings is 1. The van der Waals surface area contributed by atoms with E-state index in [0.717, 1.165) is 40.2 Å². The van der Waals surface area contributed by atoms with Gasteiger partial charge in [-0.05, 0) is 68.2 Å². The number of hydrogen-bond donors (Lipinski definition) is 0. The van der Waals surface area contributed by atoms with Crippen molar-refractivity contribution in [2.24, 2.45) is 0 Å². The zero-order chi connectivity index (χ0) is 25.9. The molecule has 7 nitrogen and oxygen atoms in total. The fraction of sp³-hybridized carbons (Fsp3) is 0.379. The van der Waals surface area contributed by atoms with Crippen molar-refractivity contribution in [3.05, 3.63) is 77.1 Å². The lowest BCUT2D eigenvalue weighted by molar-refractivity contribution is -0.130. The number of morpholine rings is 1. The highest BCUT2D eigenvalue weighted by Gasteiger charge is 2.30. The number of amides is 1.